The molecule has 1 aliphatic rings. The molecule has 1 heterocycles. The minimum Gasteiger partial charge on any atom is -0.481 e. The molecule has 1 fully saturated rings. The number of hydrogen-bond donors (Lipinski definition) is 2. The Labute approximate surface area is 122 Å². The van der Waals surface area contributed by atoms with Crippen molar-refractivity contribution in [3.8, 4) is 0 Å². The average molecular weight is 379 g/mol. The molecule has 0 saturated carbocycles. The van der Waals surface area contributed by atoms with E-state index in [1.54, 1.807) is 0 Å². The topological polar surface area (TPSA) is 75.6 Å². The number of halogens is 2. The minimum absolute atomic E-state index is 0.0841. The summed E-state index contributed by atoms with van der Waals surface area (Å²) in [5.41, 5.74) is 0.318. The minimum atomic E-state index is -1.00. The van der Waals surface area contributed by atoms with Crippen LogP contribution < -0.4 is 5.32 Å². The van der Waals surface area contributed by atoms with Crippen molar-refractivity contribution in [2.75, 3.05) is 13.2 Å². The third-order valence-corrected chi connectivity index (χ3v) is 3.78. The maximum Gasteiger partial charge on any atom is 0.311 e. The summed E-state index contributed by atoms with van der Waals surface area (Å²) in [5, 5.41) is 11.6. The van der Waals surface area contributed by atoms with Gasteiger partial charge in [-0.3, -0.25) is 9.59 Å². The number of nitrogens with one attached hydrogen (secondary N) is 1. The van der Waals surface area contributed by atoms with Crippen LogP contribution in [0.2, 0.25) is 0 Å². The van der Waals surface area contributed by atoms with Gasteiger partial charge in [0, 0.05) is 3.57 Å². The molecule has 5 nitrogen and oxygen atoms in total. The van der Waals surface area contributed by atoms with Crippen molar-refractivity contribution < 1.29 is 23.8 Å². The lowest BCUT2D eigenvalue weighted by Gasteiger charge is -2.16. The molecule has 1 aliphatic heterocycles. The van der Waals surface area contributed by atoms with Crippen molar-refractivity contribution in [3.63, 3.8) is 0 Å². The molecule has 2 N–H and O–H groups in total. The van der Waals surface area contributed by atoms with Crippen molar-refractivity contribution in [3.05, 3.63) is 33.1 Å². The summed E-state index contributed by atoms with van der Waals surface area (Å²) < 4.78 is 18.5. The predicted molar refractivity (Wildman–Crippen MR) is 72.3 cm³/mol. The van der Waals surface area contributed by atoms with E-state index in [-0.39, 0.29) is 13.2 Å². The number of hydrogen-bond acceptors (Lipinski definition) is 3. The Morgan fingerprint density at radius 3 is 2.79 bits per heavy atom. The van der Waals surface area contributed by atoms with Gasteiger partial charge in [0.25, 0.3) is 5.91 Å². The van der Waals surface area contributed by atoms with E-state index >= 15 is 0 Å². The highest BCUT2D eigenvalue weighted by Gasteiger charge is 2.35. The van der Waals surface area contributed by atoms with Gasteiger partial charge >= 0.3 is 5.97 Å². The van der Waals surface area contributed by atoms with E-state index in [0.29, 0.717) is 9.13 Å². The van der Waals surface area contributed by atoms with E-state index in [1.807, 2.05) is 22.6 Å². The Morgan fingerprint density at radius 1 is 1.42 bits per heavy atom. The molecule has 2 unspecified atom stereocenters. The molecule has 2 atom stereocenters. The highest BCUT2D eigenvalue weighted by Crippen LogP contribution is 2.17. The monoisotopic (exact) mass is 379 g/mol. The van der Waals surface area contributed by atoms with Crippen LogP contribution >= 0.6 is 22.6 Å². The summed E-state index contributed by atoms with van der Waals surface area (Å²) >= 11 is 1.86. The van der Waals surface area contributed by atoms with Gasteiger partial charge in [0.15, 0.2) is 0 Å². The van der Waals surface area contributed by atoms with Gasteiger partial charge in [0.05, 0.1) is 24.8 Å². The van der Waals surface area contributed by atoms with Crippen molar-refractivity contribution >= 4 is 34.5 Å². The Bertz CT molecular complexity index is 522. The second-order valence-corrected chi connectivity index (χ2v) is 5.35. The number of carboxylic acids is 1. The quantitative estimate of drug-likeness (QED) is 0.776. The van der Waals surface area contributed by atoms with Crippen LogP contribution in [0, 0.1) is 15.3 Å². The third kappa shape index (κ3) is 3.21. The fraction of sp³-hybridized carbons (Fsp3) is 0.333. The van der Waals surface area contributed by atoms with Gasteiger partial charge in [-0.2, -0.15) is 0 Å². The lowest BCUT2D eigenvalue weighted by molar-refractivity contribution is -0.142. The summed E-state index contributed by atoms with van der Waals surface area (Å²) in [6, 6.07) is 3.25. The molecular formula is C12H11FINO4. The molecule has 102 valence electrons. The number of carbonyl (C=O) groups excluding carboxylic acids is 1. The molecule has 7 heteroatoms. The number of rotatable bonds is 3. The molecule has 1 saturated heterocycles. The van der Waals surface area contributed by atoms with Gasteiger partial charge in [-0.1, -0.05) is 0 Å². The Morgan fingerprint density at radius 2 is 2.16 bits per heavy atom. The first kappa shape index (κ1) is 14.2. The van der Waals surface area contributed by atoms with Gasteiger partial charge in [-0.15, -0.1) is 0 Å². The summed E-state index contributed by atoms with van der Waals surface area (Å²) in [4.78, 5) is 23.0. The molecule has 1 amide bonds. The van der Waals surface area contributed by atoms with Crippen LogP contribution in [-0.2, 0) is 9.53 Å². The second kappa shape index (κ2) is 5.83. The van der Waals surface area contributed by atoms with E-state index in [1.165, 1.54) is 18.2 Å². The Hall–Kier alpha value is -1.22. The van der Waals surface area contributed by atoms with Crippen LogP contribution in [0.4, 0.5) is 4.39 Å². The van der Waals surface area contributed by atoms with Gasteiger partial charge < -0.3 is 15.2 Å². The molecule has 0 radical (unpaired) electrons. The van der Waals surface area contributed by atoms with Crippen LogP contribution in [0.15, 0.2) is 18.2 Å². The lowest BCUT2D eigenvalue weighted by Crippen LogP contribution is -2.42. The smallest absolute Gasteiger partial charge is 0.311 e. The number of ether oxygens (including phenoxy) is 1. The van der Waals surface area contributed by atoms with Crippen molar-refractivity contribution in [1.29, 1.82) is 0 Å². The van der Waals surface area contributed by atoms with Crippen LogP contribution in [-0.4, -0.2) is 36.2 Å². The van der Waals surface area contributed by atoms with Crippen molar-refractivity contribution in [2.24, 2.45) is 5.92 Å². The lowest BCUT2D eigenvalue weighted by atomic mass is 10.0. The fourth-order valence-corrected chi connectivity index (χ4v) is 2.58. The summed E-state index contributed by atoms with van der Waals surface area (Å²) in [5.74, 6) is -2.60. The molecule has 0 aromatic heterocycles. The van der Waals surface area contributed by atoms with Crippen LogP contribution in [0.25, 0.3) is 0 Å². The number of carboxylic acid groups (broad SMARTS) is 1. The molecule has 0 bridgehead atoms. The van der Waals surface area contributed by atoms with E-state index in [9.17, 15) is 14.0 Å². The predicted octanol–water partition coefficient (Wildman–Crippen LogP) is 1.26. The van der Waals surface area contributed by atoms with E-state index < -0.39 is 29.7 Å². The molecule has 0 spiro atoms. The van der Waals surface area contributed by atoms with Gasteiger partial charge in [-0.25, -0.2) is 4.39 Å². The highest BCUT2D eigenvalue weighted by atomic mass is 127. The summed E-state index contributed by atoms with van der Waals surface area (Å²) in [7, 11) is 0. The molecule has 1 aromatic rings. The third-order valence-electron chi connectivity index (χ3n) is 2.89. The van der Waals surface area contributed by atoms with Gasteiger partial charge in [0.2, 0.25) is 0 Å². The SMILES string of the molecule is O=C(NC1COCC1C(=O)O)c1ccc(F)cc1I. The largest absolute Gasteiger partial charge is 0.481 e. The first-order valence-corrected chi connectivity index (χ1v) is 6.63. The van der Waals surface area contributed by atoms with Crippen LogP contribution in [0.5, 0.6) is 0 Å². The standard InChI is InChI=1S/C12H11FINO4/c13-6-1-2-7(9(14)3-6)11(16)15-10-5-19-4-8(10)12(17)18/h1-3,8,10H,4-5H2,(H,15,16)(H,17,18). The maximum absolute atomic E-state index is 12.9. The van der Waals surface area contributed by atoms with Crippen molar-refractivity contribution in [1.82, 2.24) is 5.32 Å². The molecular weight excluding hydrogens is 368 g/mol. The molecule has 1 aromatic carbocycles. The zero-order chi connectivity index (χ0) is 14.0. The number of benzene rings is 1. The number of aliphatic carboxylic acids is 1. The zero-order valence-electron chi connectivity index (χ0n) is 9.73. The van der Waals surface area contributed by atoms with E-state index in [2.05, 4.69) is 5.32 Å². The highest BCUT2D eigenvalue weighted by molar-refractivity contribution is 14.1. The van der Waals surface area contributed by atoms with Gasteiger partial charge in [-0.05, 0) is 40.8 Å². The molecule has 0 aliphatic carbocycles. The summed E-state index contributed by atoms with van der Waals surface area (Å²) in [6.45, 7) is 0.251. The first-order valence-electron chi connectivity index (χ1n) is 5.55. The maximum atomic E-state index is 12.9. The van der Waals surface area contributed by atoms with E-state index in [0.717, 1.165) is 0 Å². The van der Waals surface area contributed by atoms with E-state index in [4.69, 9.17) is 9.84 Å². The Balaban J connectivity index is 2.10. The number of amides is 1. The summed E-state index contributed by atoms with van der Waals surface area (Å²) in [6.07, 6.45) is 0. The van der Waals surface area contributed by atoms with Crippen LogP contribution in [0.3, 0.4) is 0 Å². The molecule has 19 heavy (non-hydrogen) atoms. The first-order chi connectivity index (χ1) is 8.99. The average Bonchev–Trinajstić information content (AvgIpc) is 2.76. The second-order valence-electron chi connectivity index (χ2n) is 4.19. The fourth-order valence-electron chi connectivity index (χ4n) is 1.86. The zero-order valence-corrected chi connectivity index (χ0v) is 11.9. The van der Waals surface area contributed by atoms with Crippen LogP contribution in [0.1, 0.15) is 10.4 Å². The Kier molecular flexibility index (Phi) is 4.35. The van der Waals surface area contributed by atoms with Gasteiger partial charge in [0.1, 0.15) is 11.7 Å². The number of carbonyl (C=O) groups is 2. The van der Waals surface area contributed by atoms with Crippen molar-refractivity contribution in [2.45, 2.75) is 6.04 Å². The normalized spacial score (nSPS) is 22.2. The molecule has 2 rings (SSSR count).